The van der Waals surface area contributed by atoms with E-state index in [2.05, 4.69) is 0 Å². The van der Waals surface area contributed by atoms with Gasteiger partial charge >= 0.3 is 18.2 Å². The number of nitrogens with zero attached hydrogens (tertiary/aromatic N) is 1. The fourth-order valence-electron chi connectivity index (χ4n) is 1.34. The molecule has 0 aliphatic heterocycles. The first-order chi connectivity index (χ1) is 10.9. The molecule has 11 heteroatoms. The van der Waals surface area contributed by atoms with Crippen molar-refractivity contribution in [1.82, 2.24) is 4.90 Å². The first kappa shape index (κ1) is 23.1. The summed E-state index contributed by atoms with van der Waals surface area (Å²) in [6.45, 7) is 10.7. The lowest BCUT2D eigenvalue weighted by Gasteiger charge is -2.33. The molecule has 1 unspecified atom stereocenters. The molecule has 1 atom stereocenters. The largest absolute Gasteiger partial charge is 0.479 e. The highest BCUT2D eigenvalue weighted by atomic mass is 32.2. The van der Waals surface area contributed by atoms with E-state index in [-0.39, 0.29) is 10.8 Å². The molecule has 0 aliphatic carbocycles. The van der Waals surface area contributed by atoms with Crippen molar-refractivity contribution in [2.45, 2.75) is 65.0 Å². The van der Waals surface area contributed by atoms with Gasteiger partial charge in [-0.15, -0.1) is 0 Å². The normalized spacial score (nSPS) is 14.0. The Kier molecular flexibility index (Phi) is 6.99. The number of carboxylic acid groups (broad SMARTS) is 1. The van der Waals surface area contributed by atoms with Crippen LogP contribution in [-0.4, -0.2) is 57.7 Å². The van der Waals surface area contributed by atoms with E-state index in [1.165, 1.54) is 34.6 Å². The smallest absolute Gasteiger partial charge is 0.421 e. The number of ether oxygens (including phenoxy) is 2. The molecule has 10 nitrogen and oxygen atoms in total. The van der Waals surface area contributed by atoms with Gasteiger partial charge in [0.05, 0.1) is 0 Å². The Morgan fingerprint density at radius 3 is 1.64 bits per heavy atom. The van der Waals surface area contributed by atoms with Crippen molar-refractivity contribution in [2.24, 2.45) is 5.92 Å². The molecule has 0 aromatic carbocycles. The molecule has 0 radical (unpaired) electrons. The second-order valence-electron chi connectivity index (χ2n) is 7.18. The van der Waals surface area contributed by atoms with Crippen molar-refractivity contribution in [1.29, 1.82) is 0 Å². The van der Waals surface area contributed by atoms with Crippen LogP contribution in [0.1, 0.15) is 48.5 Å². The van der Waals surface area contributed by atoms with Crippen molar-refractivity contribution in [3.63, 3.8) is 0 Å². The lowest BCUT2D eigenvalue weighted by Crippen LogP contribution is -2.55. The van der Waals surface area contributed by atoms with Crippen LogP contribution in [0.4, 0.5) is 9.59 Å². The lowest BCUT2D eigenvalue weighted by atomic mass is 9.95. The van der Waals surface area contributed by atoms with E-state index in [0.29, 0.717) is 0 Å². The summed E-state index contributed by atoms with van der Waals surface area (Å²) in [5.74, 6) is -2.39. The highest BCUT2D eigenvalue weighted by Crippen LogP contribution is 2.24. The first-order valence-corrected chi connectivity index (χ1v) is 8.84. The first-order valence-electron chi connectivity index (χ1n) is 7.34. The fraction of sp³-hybridized carbons (Fsp3) is 0.786. The van der Waals surface area contributed by atoms with Gasteiger partial charge in [-0.25, -0.2) is 14.4 Å². The van der Waals surface area contributed by atoms with Crippen LogP contribution in [0.25, 0.3) is 0 Å². The average Bonchev–Trinajstić information content (AvgIpc) is 2.29. The Balaban J connectivity index is 6.04. The van der Waals surface area contributed by atoms with Gasteiger partial charge in [0, 0.05) is 0 Å². The Hall–Kier alpha value is -1.88. The third-order valence-corrected chi connectivity index (χ3v) is 4.23. The van der Waals surface area contributed by atoms with Crippen LogP contribution in [0.2, 0.25) is 0 Å². The number of hydrogen-bond donors (Lipinski definition) is 2. The van der Waals surface area contributed by atoms with Crippen molar-refractivity contribution in [3.8, 4) is 0 Å². The molecular formula is C14H25NO9S. The molecule has 2 amide bonds. The van der Waals surface area contributed by atoms with Gasteiger partial charge in [0.15, 0.2) is 0 Å². The van der Waals surface area contributed by atoms with Gasteiger partial charge in [-0.1, -0.05) is 13.8 Å². The zero-order valence-electron chi connectivity index (χ0n) is 15.3. The maximum absolute atomic E-state index is 12.3. The second kappa shape index (κ2) is 7.56. The highest BCUT2D eigenvalue weighted by Gasteiger charge is 2.48. The third kappa shape index (κ3) is 6.86. The van der Waals surface area contributed by atoms with Crippen LogP contribution in [0.3, 0.4) is 0 Å². The maximum Gasteiger partial charge on any atom is 0.421 e. The van der Waals surface area contributed by atoms with Crippen LogP contribution >= 0.6 is 0 Å². The number of imide groups is 1. The van der Waals surface area contributed by atoms with E-state index in [1.54, 1.807) is 13.8 Å². The molecule has 25 heavy (non-hydrogen) atoms. The molecule has 0 bridgehead atoms. The van der Waals surface area contributed by atoms with Crippen molar-refractivity contribution < 1.29 is 41.9 Å². The van der Waals surface area contributed by atoms with E-state index in [1.807, 2.05) is 0 Å². The molecule has 0 spiro atoms. The zero-order valence-corrected chi connectivity index (χ0v) is 16.1. The molecule has 2 N–H and O–H groups in total. The van der Waals surface area contributed by atoms with Gasteiger partial charge in [-0.05, 0) is 40.5 Å². The summed E-state index contributed by atoms with van der Waals surface area (Å²) in [4.78, 5) is 35.6. The minimum atomic E-state index is -5.36. The summed E-state index contributed by atoms with van der Waals surface area (Å²) in [5.41, 5.74) is -2.31. The molecule has 0 saturated carbocycles. The molecule has 0 aromatic heterocycles. The minimum absolute atomic E-state index is 0.244. The van der Waals surface area contributed by atoms with Crippen molar-refractivity contribution in [3.05, 3.63) is 0 Å². The number of rotatable bonds is 5. The van der Waals surface area contributed by atoms with Crippen LogP contribution < -0.4 is 0 Å². The summed E-state index contributed by atoms with van der Waals surface area (Å²) in [6, 6.07) is 0. The highest BCUT2D eigenvalue weighted by molar-refractivity contribution is 7.87. The van der Waals surface area contributed by atoms with Gasteiger partial charge in [-0.3, -0.25) is 4.55 Å². The van der Waals surface area contributed by atoms with E-state index in [9.17, 15) is 22.8 Å². The molecule has 0 saturated heterocycles. The van der Waals surface area contributed by atoms with Crippen LogP contribution in [0.15, 0.2) is 0 Å². The van der Waals surface area contributed by atoms with Crippen LogP contribution in [0, 0.1) is 5.92 Å². The molecule has 146 valence electrons. The maximum atomic E-state index is 12.3. The molecule has 0 rings (SSSR count). The predicted octanol–water partition coefficient (Wildman–Crippen LogP) is 2.09. The van der Waals surface area contributed by atoms with Gasteiger partial charge in [0.1, 0.15) is 11.2 Å². The lowest BCUT2D eigenvalue weighted by molar-refractivity contribution is -0.140. The fourth-order valence-corrected chi connectivity index (χ4v) is 2.03. The summed E-state index contributed by atoms with van der Waals surface area (Å²) >= 11 is 0. The number of carbonyl (C=O) groups excluding carboxylic acids is 2. The number of carboxylic acids is 1. The van der Waals surface area contributed by atoms with Crippen LogP contribution in [-0.2, 0) is 24.4 Å². The SMILES string of the molecule is CC(C)C(C)(C)OC(=O)N(C(=O)OC(C)(C)C)C(C(=O)O)S(=O)(=O)O. The average molecular weight is 383 g/mol. The Labute approximate surface area is 146 Å². The zero-order chi connectivity index (χ0) is 20.4. The quantitative estimate of drug-likeness (QED) is 0.681. The van der Waals surface area contributed by atoms with Crippen LogP contribution in [0.5, 0.6) is 0 Å². The van der Waals surface area contributed by atoms with Gasteiger partial charge < -0.3 is 14.6 Å². The molecular weight excluding hydrogens is 358 g/mol. The number of aliphatic carboxylic acids is 1. The standard InChI is InChI=1S/C14H25NO9S/c1-8(2)14(6,7)24-12(19)15(11(18)23-13(3,4)5)9(10(16)17)25(20,21)22/h8-9H,1-7H3,(H,16,17)(H,20,21,22). The molecule has 0 fully saturated rings. The Morgan fingerprint density at radius 2 is 1.36 bits per heavy atom. The number of amides is 2. The summed E-state index contributed by atoms with van der Waals surface area (Å²) in [6.07, 6.45) is -3.15. The van der Waals surface area contributed by atoms with Crippen molar-refractivity contribution in [2.75, 3.05) is 0 Å². The predicted molar refractivity (Wildman–Crippen MR) is 86.4 cm³/mol. The summed E-state index contributed by atoms with van der Waals surface area (Å²) < 4.78 is 41.9. The topological polar surface area (TPSA) is 148 Å². The number of hydrogen-bond acceptors (Lipinski definition) is 7. The Morgan fingerprint density at radius 1 is 0.960 bits per heavy atom. The minimum Gasteiger partial charge on any atom is -0.479 e. The summed E-state index contributed by atoms with van der Waals surface area (Å²) in [7, 11) is -5.36. The molecule has 0 heterocycles. The number of carbonyl (C=O) groups is 3. The third-order valence-electron chi connectivity index (χ3n) is 3.26. The van der Waals surface area contributed by atoms with E-state index < -0.39 is 44.8 Å². The molecule has 0 aliphatic rings. The van der Waals surface area contributed by atoms with E-state index >= 15 is 0 Å². The Bertz CT molecular complexity index is 631. The molecule has 0 aromatic rings. The van der Waals surface area contributed by atoms with Gasteiger partial charge in [0.25, 0.3) is 15.5 Å². The van der Waals surface area contributed by atoms with Gasteiger partial charge in [0.2, 0.25) is 0 Å². The summed E-state index contributed by atoms with van der Waals surface area (Å²) in [5, 5.41) is 6.18. The van der Waals surface area contributed by atoms with Crippen molar-refractivity contribution >= 4 is 28.3 Å². The van der Waals surface area contributed by atoms with Gasteiger partial charge in [-0.2, -0.15) is 13.3 Å². The second-order valence-corrected chi connectivity index (χ2v) is 8.66. The van der Waals surface area contributed by atoms with E-state index in [4.69, 9.17) is 19.1 Å². The monoisotopic (exact) mass is 383 g/mol. The van der Waals surface area contributed by atoms with E-state index in [0.717, 1.165) is 0 Å².